The summed E-state index contributed by atoms with van der Waals surface area (Å²) >= 11 is 0. The van der Waals surface area contributed by atoms with Gasteiger partial charge in [-0.05, 0) is 30.7 Å². The average Bonchev–Trinajstić information content (AvgIpc) is 2.52. The van der Waals surface area contributed by atoms with Crippen molar-refractivity contribution in [1.29, 1.82) is 0 Å². The lowest BCUT2D eigenvalue weighted by atomic mass is 10.1. The summed E-state index contributed by atoms with van der Waals surface area (Å²) in [6.07, 6.45) is 7.13. The van der Waals surface area contributed by atoms with E-state index in [1.165, 1.54) is 37.6 Å². The van der Waals surface area contributed by atoms with Gasteiger partial charge in [-0.15, -0.1) is 0 Å². The minimum absolute atomic E-state index is 0.0622. The summed E-state index contributed by atoms with van der Waals surface area (Å²) in [4.78, 5) is 4.01. The van der Waals surface area contributed by atoms with Gasteiger partial charge < -0.3 is 9.84 Å². The summed E-state index contributed by atoms with van der Waals surface area (Å²) in [5.41, 5.74) is 0.886. The third-order valence-electron chi connectivity index (χ3n) is 3.48. The van der Waals surface area contributed by atoms with Crippen LogP contribution in [0.5, 0.6) is 11.5 Å². The SMILES string of the molecule is CCCCCCCOc1ccc(-c2ccc(O)cn2)c(F)c1. The zero-order valence-corrected chi connectivity index (χ0v) is 12.9. The number of ether oxygens (including phenoxy) is 1. The first kappa shape index (κ1) is 16.3. The van der Waals surface area contributed by atoms with Crippen molar-refractivity contribution >= 4 is 0 Å². The molecule has 0 aliphatic rings. The van der Waals surface area contributed by atoms with Crippen molar-refractivity contribution in [2.75, 3.05) is 6.61 Å². The highest BCUT2D eigenvalue weighted by Gasteiger charge is 2.08. The van der Waals surface area contributed by atoms with Gasteiger partial charge in [-0.1, -0.05) is 32.6 Å². The van der Waals surface area contributed by atoms with Gasteiger partial charge in [-0.2, -0.15) is 0 Å². The molecule has 0 saturated heterocycles. The summed E-state index contributed by atoms with van der Waals surface area (Å²) in [5, 5.41) is 9.22. The molecule has 0 atom stereocenters. The van der Waals surface area contributed by atoms with Crippen molar-refractivity contribution in [1.82, 2.24) is 4.98 Å². The predicted molar refractivity (Wildman–Crippen MR) is 85.5 cm³/mol. The number of unbranched alkanes of at least 4 members (excludes halogenated alkanes) is 4. The topological polar surface area (TPSA) is 42.4 Å². The molecule has 1 N–H and O–H groups in total. The van der Waals surface area contributed by atoms with Crippen molar-refractivity contribution in [3.8, 4) is 22.8 Å². The lowest BCUT2D eigenvalue weighted by Gasteiger charge is -2.08. The van der Waals surface area contributed by atoms with Gasteiger partial charge in [-0.3, -0.25) is 4.98 Å². The third kappa shape index (κ3) is 4.72. The van der Waals surface area contributed by atoms with Crippen LogP contribution in [0.25, 0.3) is 11.3 Å². The number of aromatic nitrogens is 1. The van der Waals surface area contributed by atoms with Crippen molar-refractivity contribution in [3.05, 3.63) is 42.3 Å². The first-order valence-corrected chi connectivity index (χ1v) is 7.78. The fraction of sp³-hybridized carbons (Fsp3) is 0.389. The zero-order chi connectivity index (χ0) is 15.8. The van der Waals surface area contributed by atoms with Gasteiger partial charge in [0.1, 0.15) is 17.3 Å². The summed E-state index contributed by atoms with van der Waals surface area (Å²) in [6.45, 7) is 2.80. The molecule has 3 nitrogen and oxygen atoms in total. The number of pyridine rings is 1. The molecule has 0 aliphatic carbocycles. The molecule has 0 amide bonds. The second-order valence-corrected chi connectivity index (χ2v) is 5.31. The standard InChI is InChI=1S/C18H22FNO2/c1-2-3-4-5-6-11-22-15-8-9-16(17(19)12-15)18-10-7-14(21)13-20-18/h7-10,12-13,21H,2-6,11H2,1H3. The largest absolute Gasteiger partial charge is 0.506 e. The molecule has 0 fully saturated rings. The Kier molecular flexibility index (Phi) is 6.19. The molecule has 0 radical (unpaired) electrons. The van der Waals surface area contributed by atoms with E-state index in [4.69, 9.17) is 4.74 Å². The third-order valence-corrected chi connectivity index (χ3v) is 3.48. The van der Waals surface area contributed by atoms with Gasteiger partial charge in [0.05, 0.1) is 18.5 Å². The highest BCUT2D eigenvalue weighted by atomic mass is 19.1. The van der Waals surface area contributed by atoms with Crippen LogP contribution in [0.3, 0.4) is 0 Å². The number of rotatable bonds is 8. The molecule has 0 aliphatic heterocycles. The summed E-state index contributed by atoms with van der Waals surface area (Å²) in [7, 11) is 0. The first-order valence-electron chi connectivity index (χ1n) is 7.78. The van der Waals surface area contributed by atoms with Crippen LogP contribution < -0.4 is 4.74 Å². The molecular weight excluding hydrogens is 281 g/mol. The Bertz CT molecular complexity index is 584. The minimum Gasteiger partial charge on any atom is -0.506 e. The van der Waals surface area contributed by atoms with E-state index < -0.39 is 0 Å². The number of hydrogen-bond donors (Lipinski definition) is 1. The van der Waals surface area contributed by atoms with Crippen LogP contribution in [0.15, 0.2) is 36.5 Å². The molecule has 1 heterocycles. The van der Waals surface area contributed by atoms with E-state index in [9.17, 15) is 9.50 Å². The Morgan fingerprint density at radius 3 is 2.59 bits per heavy atom. The summed E-state index contributed by atoms with van der Waals surface area (Å²) in [5.74, 6) is 0.226. The fourth-order valence-corrected chi connectivity index (χ4v) is 2.23. The molecule has 4 heteroatoms. The Morgan fingerprint density at radius 1 is 1.09 bits per heavy atom. The summed E-state index contributed by atoms with van der Waals surface area (Å²) < 4.78 is 19.7. The maximum atomic E-state index is 14.1. The molecule has 0 bridgehead atoms. The molecule has 0 spiro atoms. The van der Waals surface area contributed by atoms with E-state index >= 15 is 0 Å². The van der Waals surface area contributed by atoms with E-state index in [-0.39, 0.29) is 11.6 Å². The Labute approximate surface area is 130 Å². The number of benzene rings is 1. The number of nitrogens with zero attached hydrogens (tertiary/aromatic N) is 1. The van der Waals surface area contributed by atoms with E-state index in [1.807, 2.05) is 0 Å². The molecule has 22 heavy (non-hydrogen) atoms. The number of halogens is 1. The van der Waals surface area contributed by atoms with Crippen molar-refractivity contribution in [2.24, 2.45) is 0 Å². The van der Waals surface area contributed by atoms with Crippen LogP contribution in [-0.2, 0) is 0 Å². The van der Waals surface area contributed by atoms with E-state index in [0.717, 1.165) is 12.8 Å². The molecule has 1 aromatic carbocycles. The lowest BCUT2D eigenvalue weighted by molar-refractivity contribution is 0.303. The van der Waals surface area contributed by atoms with Gasteiger partial charge >= 0.3 is 0 Å². The van der Waals surface area contributed by atoms with Crippen LogP contribution in [-0.4, -0.2) is 16.7 Å². The Hall–Kier alpha value is -2.10. The Balaban J connectivity index is 1.91. The zero-order valence-electron chi connectivity index (χ0n) is 12.9. The maximum Gasteiger partial charge on any atom is 0.136 e. The minimum atomic E-state index is -0.373. The van der Waals surface area contributed by atoms with Crippen LogP contribution in [0.4, 0.5) is 4.39 Å². The maximum absolute atomic E-state index is 14.1. The molecule has 0 saturated carbocycles. The van der Waals surface area contributed by atoms with E-state index in [2.05, 4.69) is 11.9 Å². The lowest BCUT2D eigenvalue weighted by Crippen LogP contribution is -1.98. The quantitative estimate of drug-likeness (QED) is 0.702. The monoisotopic (exact) mass is 303 g/mol. The molecule has 118 valence electrons. The van der Waals surface area contributed by atoms with Crippen LogP contribution >= 0.6 is 0 Å². The van der Waals surface area contributed by atoms with Gasteiger partial charge in [0.15, 0.2) is 0 Å². The first-order chi connectivity index (χ1) is 10.7. The number of aromatic hydroxyl groups is 1. The molecule has 2 aromatic rings. The smallest absolute Gasteiger partial charge is 0.136 e. The fourth-order valence-electron chi connectivity index (χ4n) is 2.23. The van der Waals surface area contributed by atoms with Crippen LogP contribution in [0, 0.1) is 5.82 Å². The molecule has 0 unspecified atom stereocenters. The van der Waals surface area contributed by atoms with E-state index in [0.29, 0.717) is 23.6 Å². The van der Waals surface area contributed by atoms with Gasteiger partial charge in [0.2, 0.25) is 0 Å². The second-order valence-electron chi connectivity index (χ2n) is 5.31. The normalized spacial score (nSPS) is 10.6. The van der Waals surface area contributed by atoms with Gasteiger partial charge in [0, 0.05) is 11.6 Å². The molecule has 1 aromatic heterocycles. The van der Waals surface area contributed by atoms with Gasteiger partial charge in [0.25, 0.3) is 0 Å². The number of hydrogen-bond acceptors (Lipinski definition) is 3. The predicted octanol–water partition coefficient (Wildman–Crippen LogP) is 4.94. The van der Waals surface area contributed by atoms with Crippen LogP contribution in [0.1, 0.15) is 39.0 Å². The summed E-state index contributed by atoms with van der Waals surface area (Å²) in [6, 6.07) is 7.86. The van der Waals surface area contributed by atoms with Crippen molar-refractivity contribution in [3.63, 3.8) is 0 Å². The average molecular weight is 303 g/mol. The highest BCUT2D eigenvalue weighted by Crippen LogP contribution is 2.25. The Morgan fingerprint density at radius 2 is 1.91 bits per heavy atom. The second kappa shape index (κ2) is 8.37. The van der Waals surface area contributed by atoms with Crippen LogP contribution in [0.2, 0.25) is 0 Å². The molecular formula is C18H22FNO2. The molecule has 2 rings (SSSR count). The van der Waals surface area contributed by atoms with Gasteiger partial charge in [-0.25, -0.2) is 4.39 Å². The van der Waals surface area contributed by atoms with E-state index in [1.54, 1.807) is 18.2 Å². The van der Waals surface area contributed by atoms with Crippen molar-refractivity contribution < 1.29 is 14.2 Å². The highest BCUT2D eigenvalue weighted by molar-refractivity contribution is 5.61. The van der Waals surface area contributed by atoms with Crippen molar-refractivity contribution in [2.45, 2.75) is 39.0 Å².